The molecule has 2 aromatic carbocycles. The maximum Gasteiger partial charge on any atom is 0.586 e. The number of aromatic nitrogens is 2. The number of nitrogens with one attached hydrogen (secondary N) is 1. The van der Waals surface area contributed by atoms with E-state index in [2.05, 4.69) is 14.8 Å². The zero-order valence-corrected chi connectivity index (χ0v) is 17.3. The molecule has 3 fully saturated rings. The third-order valence-corrected chi connectivity index (χ3v) is 7.07. The molecule has 9 heteroatoms. The first-order valence-corrected chi connectivity index (χ1v) is 10.6. The number of rotatable bonds is 3. The minimum absolute atomic E-state index is 0.0878. The van der Waals surface area contributed by atoms with Crippen LogP contribution in [0.1, 0.15) is 48.3 Å². The van der Waals surface area contributed by atoms with Crippen molar-refractivity contribution in [3.8, 4) is 17.2 Å². The monoisotopic (exact) mass is 441 g/mol. The van der Waals surface area contributed by atoms with Gasteiger partial charge in [-0.15, -0.1) is 8.78 Å². The second-order valence-corrected chi connectivity index (χ2v) is 9.19. The summed E-state index contributed by atoms with van der Waals surface area (Å²) < 4.78 is 37.5. The van der Waals surface area contributed by atoms with Crippen LogP contribution in [0.3, 0.4) is 0 Å². The standard InChI is InChI=1S/C23H21F2N3O4/c1-28-14-4-2-5-15(29)18(14)26-20(28)21-8-3-9-22(11-21,12-21)27-19(30)13-6-7-16-17(10-13)32-23(24,25)31-16/h2,4-7,10,29H,3,8-9,11-12H2,1H3,(H,27,30). The van der Waals surface area contributed by atoms with Crippen molar-refractivity contribution in [2.24, 2.45) is 7.05 Å². The Hall–Kier alpha value is -3.36. The summed E-state index contributed by atoms with van der Waals surface area (Å²) in [6, 6.07) is 9.42. The van der Waals surface area contributed by atoms with Crippen molar-refractivity contribution in [1.29, 1.82) is 0 Å². The lowest BCUT2D eigenvalue weighted by Crippen LogP contribution is -2.66. The van der Waals surface area contributed by atoms with E-state index < -0.39 is 6.29 Å². The van der Waals surface area contributed by atoms with Crippen LogP contribution in [0.15, 0.2) is 36.4 Å². The summed E-state index contributed by atoms with van der Waals surface area (Å²) in [6.45, 7) is 0. The first-order valence-electron chi connectivity index (χ1n) is 10.6. The zero-order chi connectivity index (χ0) is 22.3. The van der Waals surface area contributed by atoms with Crippen LogP contribution >= 0.6 is 0 Å². The Balaban J connectivity index is 1.25. The highest BCUT2D eigenvalue weighted by Crippen LogP contribution is 2.59. The van der Waals surface area contributed by atoms with Crippen LogP contribution in [-0.2, 0) is 12.5 Å². The van der Waals surface area contributed by atoms with Crippen molar-refractivity contribution >= 4 is 16.9 Å². The van der Waals surface area contributed by atoms with Gasteiger partial charge in [-0.3, -0.25) is 4.79 Å². The molecule has 4 aliphatic rings. The Morgan fingerprint density at radius 3 is 2.72 bits per heavy atom. The van der Waals surface area contributed by atoms with Crippen molar-refractivity contribution in [3.63, 3.8) is 0 Å². The van der Waals surface area contributed by atoms with Crippen molar-refractivity contribution < 1.29 is 28.2 Å². The maximum absolute atomic E-state index is 13.3. The summed E-state index contributed by atoms with van der Waals surface area (Å²) in [5.41, 5.74) is 1.18. The molecule has 3 saturated carbocycles. The number of hydrogen-bond acceptors (Lipinski definition) is 5. The number of ether oxygens (including phenoxy) is 2. The van der Waals surface area contributed by atoms with Gasteiger partial charge in [0.05, 0.1) is 5.52 Å². The number of imidazole rings is 1. The molecule has 0 saturated heterocycles. The number of phenolic OH excluding ortho intramolecular Hbond substituents is 1. The lowest BCUT2D eigenvalue weighted by atomic mass is 9.49. The number of hydrogen-bond donors (Lipinski definition) is 2. The fourth-order valence-electron chi connectivity index (χ4n) is 5.86. The number of benzene rings is 2. The molecule has 3 aromatic rings. The fraction of sp³-hybridized carbons (Fsp3) is 0.391. The summed E-state index contributed by atoms with van der Waals surface area (Å²) in [5.74, 6) is 0.513. The number of nitrogens with zero attached hydrogens (tertiary/aromatic N) is 2. The van der Waals surface area contributed by atoms with Gasteiger partial charge in [0.15, 0.2) is 11.5 Å². The number of amides is 1. The van der Waals surface area contributed by atoms with Gasteiger partial charge in [0.2, 0.25) is 0 Å². The van der Waals surface area contributed by atoms with Crippen LogP contribution in [0.4, 0.5) is 8.78 Å². The average molecular weight is 441 g/mol. The highest BCUT2D eigenvalue weighted by molar-refractivity contribution is 5.95. The van der Waals surface area contributed by atoms with Crippen molar-refractivity contribution in [2.45, 2.75) is 49.4 Å². The van der Waals surface area contributed by atoms with Crippen molar-refractivity contribution in [1.82, 2.24) is 14.9 Å². The normalized spacial score (nSPS) is 27.2. The number of aromatic hydroxyl groups is 1. The summed E-state index contributed by atoms with van der Waals surface area (Å²) in [4.78, 5) is 17.7. The maximum atomic E-state index is 13.3. The third-order valence-electron chi connectivity index (χ3n) is 7.07. The smallest absolute Gasteiger partial charge is 0.506 e. The van der Waals surface area contributed by atoms with Crippen molar-refractivity contribution in [2.75, 3.05) is 0 Å². The third kappa shape index (κ3) is 2.69. The molecule has 7 rings (SSSR count). The van der Waals surface area contributed by atoms with Crippen LogP contribution < -0.4 is 14.8 Å². The Labute approximate surface area is 182 Å². The van der Waals surface area contributed by atoms with E-state index in [-0.39, 0.29) is 39.7 Å². The summed E-state index contributed by atoms with van der Waals surface area (Å²) in [5, 5.41) is 13.3. The van der Waals surface area contributed by atoms with Crippen LogP contribution in [-0.4, -0.2) is 32.4 Å². The molecule has 2 N–H and O–H groups in total. The molecular weight excluding hydrogens is 420 g/mol. The Morgan fingerprint density at radius 2 is 1.94 bits per heavy atom. The number of fused-ring (bicyclic) bond motifs is 4. The van der Waals surface area contributed by atoms with Gasteiger partial charge in [0.1, 0.15) is 17.1 Å². The quantitative estimate of drug-likeness (QED) is 0.642. The van der Waals surface area contributed by atoms with Gasteiger partial charge in [-0.1, -0.05) is 12.5 Å². The molecule has 1 aliphatic heterocycles. The molecule has 7 nitrogen and oxygen atoms in total. The lowest BCUT2D eigenvalue weighted by Gasteiger charge is -2.60. The molecule has 0 atom stereocenters. The van der Waals surface area contributed by atoms with Gasteiger partial charge in [-0.25, -0.2) is 4.98 Å². The number of para-hydroxylation sites is 1. The zero-order valence-electron chi connectivity index (χ0n) is 17.3. The molecule has 0 unspecified atom stereocenters. The van der Waals surface area contributed by atoms with Gasteiger partial charge >= 0.3 is 6.29 Å². The van der Waals surface area contributed by atoms with E-state index >= 15 is 0 Å². The molecular formula is C23H21F2N3O4. The number of phenols is 1. The number of alkyl halides is 2. The molecule has 0 radical (unpaired) electrons. The van der Waals surface area contributed by atoms with E-state index in [0.717, 1.165) is 43.4 Å². The number of aryl methyl sites for hydroxylation is 1. The molecule has 2 bridgehead atoms. The van der Waals surface area contributed by atoms with Gasteiger partial charge in [-0.2, -0.15) is 0 Å². The average Bonchev–Trinajstić information content (AvgIpc) is 3.23. The van der Waals surface area contributed by atoms with E-state index in [1.807, 2.05) is 17.7 Å². The number of halogens is 2. The van der Waals surface area contributed by atoms with E-state index in [4.69, 9.17) is 4.98 Å². The topological polar surface area (TPSA) is 85.6 Å². The first kappa shape index (κ1) is 19.3. The number of carbonyl (C=O) groups is 1. The highest BCUT2D eigenvalue weighted by Gasteiger charge is 2.60. The lowest BCUT2D eigenvalue weighted by molar-refractivity contribution is -0.286. The molecule has 3 aliphatic carbocycles. The molecule has 1 amide bonds. The van der Waals surface area contributed by atoms with Crippen LogP contribution in [0.25, 0.3) is 11.0 Å². The predicted molar refractivity (Wildman–Crippen MR) is 110 cm³/mol. The van der Waals surface area contributed by atoms with Crippen LogP contribution in [0.5, 0.6) is 17.2 Å². The minimum atomic E-state index is -3.72. The van der Waals surface area contributed by atoms with E-state index in [1.54, 1.807) is 12.1 Å². The fourth-order valence-corrected chi connectivity index (χ4v) is 5.86. The largest absolute Gasteiger partial charge is 0.586 e. The van der Waals surface area contributed by atoms with E-state index in [0.29, 0.717) is 5.52 Å². The molecule has 0 spiro atoms. The Bertz CT molecular complexity index is 1280. The van der Waals surface area contributed by atoms with Gasteiger partial charge < -0.3 is 24.5 Å². The van der Waals surface area contributed by atoms with E-state index in [1.165, 1.54) is 18.2 Å². The second kappa shape index (κ2) is 6.11. The predicted octanol–water partition coefficient (Wildman–Crippen LogP) is 3.98. The van der Waals surface area contributed by atoms with E-state index in [9.17, 15) is 18.7 Å². The number of carbonyl (C=O) groups excluding carboxylic acids is 1. The van der Waals surface area contributed by atoms with Crippen LogP contribution in [0, 0.1) is 0 Å². The van der Waals surface area contributed by atoms with Crippen LogP contribution in [0.2, 0.25) is 0 Å². The van der Waals surface area contributed by atoms with Gasteiger partial charge in [-0.05, 0) is 56.0 Å². The summed E-state index contributed by atoms with van der Waals surface area (Å²) in [6.07, 6.45) is 0.508. The summed E-state index contributed by atoms with van der Waals surface area (Å²) >= 11 is 0. The second-order valence-electron chi connectivity index (χ2n) is 9.19. The molecule has 1 aromatic heterocycles. The highest BCUT2D eigenvalue weighted by atomic mass is 19.3. The Kier molecular flexibility index (Phi) is 3.69. The summed E-state index contributed by atoms with van der Waals surface area (Å²) in [7, 11) is 1.95. The first-order chi connectivity index (χ1) is 15.2. The van der Waals surface area contributed by atoms with Gasteiger partial charge in [0.25, 0.3) is 5.91 Å². The molecule has 166 valence electrons. The minimum Gasteiger partial charge on any atom is -0.506 e. The molecule has 2 heterocycles. The Morgan fingerprint density at radius 1 is 1.16 bits per heavy atom. The SMILES string of the molecule is Cn1c(C23CCCC(NC(=O)c4ccc5c(c4)OC(F)(F)O5)(C2)C3)nc2c(O)cccc21. The van der Waals surface area contributed by atoms with Crippen molar-refractivity contribution in [3.05, 3.63) is 47.8 Å². The van der Waals surface area contributed by atoms with Gasteiger partial charge in [0, 0.05) is 23.6 Å². The molecule has 32 heavy (non-hydrogen) atoms.